The minimum atomic E-state index is -3.74. The van der Waals surface area contributed by atoms with Gasteiger partial charge in [0.25, 0.3) is 5.91 Å². The van der Waals surface area contributed by atoms with Crippen LogP contribution in [-0.4, -0.2) is 39.1 Å². The molecule has 8 heteroatoms. The van der Waals surface area contributed by atoms with Gasteiger partial charge in [0.2, 0.25) is 15.9 Å². The van der Waals surface area contributed by atoms with Gasteiger partial charge in [0.1, 0.15) is 6.04 Å². The summed E-state index contributed by atoms with van der Waals surface area (Å²) in [5, 5.41) is 5.65. The maximum Gasteiger partial charge on any atom is 0.253 e. The van der Waals surface area contributed by atoms with Gasteiger partial charge in [-0.3, -0.25) is 13.9 Å². The van der Waals surface area contributed by atoms with Crippen LogP contribution in [0.1, 0.15) is 29.3 Å². The van der Waals surface area contributed by atoms with Gasteiger partial charge in [-0.15, -0.1) is 0 Å². The molecule has 0 radical (unpaired) electrons. The molecule has 3 rings (SSSR count). The van der Waals surface area contributed by atoms with E-state index in [0.717, 1.165) is 16.1 Å². The smallest absolute Gasteiger partial charge is 0.253 e. The molecule has 0 fully saturated rings. The number of nitrogens with one attached hydrogen (secondary N) is 2. The van der Waals surface area contributed by atoms with Crippen molar-refractivity contribution >= 4 is 33.2 Å². The molecule has 2 amide bonds. The summed E-state index contributed by atoms with van der Waals surface area (Å²) in [7, 11) is -3.74. The maximum atomic E-state index is 13.2. The average molecular weight is 480 g/mol. The van der Waals surface area contributed by atoms with E-state index in [4.69, 9.17) is 0 Å². The van der Waals surface area contributed by atoms with E-state index in [0.29, 0.717) is 29.9 Å². The predicted octanol–water partition coefficient (Wildman–Crippen LogP) is 3.84. The summed E-state index contributed by atoms with van der Waals surface area (Å²) >= 11 is 0. The molecule has 0 aromatic heterocycles. The Morgan fingerprint density at radius 2 is 1.47 bits per heavy atom. The molecule has 34 heavy (non-hydrogen) atoms. The van der Waals surface area contributed by atoms with Gasteiger partial charge in [-0.25, -0.2) is 8.42 Å². The van der Waals surface area contributed by atoms with Gasteiger partial charge in [0.15, 0.2) is 0 Å². The van der Waals surface area contributed by atoms with Crippen molar-refractivity contribution in [1.82, 2.24) is 5.32 Å². The first-order valence-electron chi connectivity index (χ1n) is 11.1. The maximum absolute atomic E-state index is 13.2. The summed E-state index contributed by atoms with van der Waals surface area (Å²) in [6.45, 7) is 2.19. The van der Waals surface area contributed by atoms with E-state index in [1.807, 2.05) is 30.3 Å². The Labute approximate surface area is 200 Å². The van der Waals surface area contributed by atoms with Crippen molar-refractivity contribution in [1.29, 1.82) is 0 Å². The molecule has 1 atom stereocenters. The molecule has 2 N–H and O–H groups in total. The first kappa shape index (κ1) is 25.0. The minimum Gasteiger partial charge on any atom is -0.352 e. The number of hydrogen-bond acceptors (Lipinski definition) is 4. The quantitative estimate of drug-likeness (QED) is 0.462. The summed E-state index contributed by atoms with van der Waals surface area (Å²) in [5.74, 6) is -0.829. The molecule has 0 bridgehead atoms. The fourth-order valence-electron chi connectivity index (χ4n) is 3.70. The van der Waals surface area contributed by atoms with Crippen LogP contribution in [0.3, 0.4) is 0 Å². The van der Waals surface area contributed by atoms with Crippen LogP contribution in [0.2, 0.25) is 0 Å². The number of carbonyl (C=O) groups is 2. The molecule has 0 aliphatic rings. The van der Waals surface area contributed by atoms with Crippen molar-refractivity contribution in [2.24, 2.45) is 0 Å². The van der Waals surface area contributed by atoms with E-state index >= 15 is 0 Å². The SMILES string of the molecule is CC[C@H](C(=O)Nc1ccccc1C(=O)NCCc1ccccc1)N(c1ccccc1)S(C)(=O)=O. The van der Waals surface area contributed by atoms with Crippen LogP contribution in [0.25, 0.3) is 0 Å². The Kier molecular flexibility index (Phi) is 8.43. The zero-order chi connectivity index (χ0) is 24.6. The highest BCUT2D eigenvalue weighted by Gasteiger charge is 2.32. The van der Waals surface area contributed by atoms with Gasteiger partial charge in [-0.05, 0) is 42.7 Å². The van der Waals surface area contributed by atoms with Gasteiger partial charge < -0.3 is 10.6 Å². The second kappa shape index (κ2) is 11.5. The highest BCUT2D eigenvalue weighted by Crippen LogP contribution is 2.24. The van der Waals surface area contributed by atoms with Gasteiger partial charge >= 0.3 is 0 Å². The fourth-order valence-corrected chi connectivity index (χ4v) is 4.91. The normalized spacial score (nSPS) is 11.9. The molecular formula is C26H29N3O4S. The molecule has 3 aromatic carbocycles. The third kappa shape index (κ3) is 6.45. The van der Waals surface area contributed by atoms with Gasteiger partial charge in [-0.2, -0.15) is 0 Å². The van der Waals surface area contributed by atoms with Gasteiger partial charge in [0.05, 0.1) is 23.2 Å². The van der Waals surface area contributed by atoms with Crippen LogP contribution >= 0.6 is 0 Å². The monoisotopic (exact) mass is 479 g/mol. The molecule has 7 nitrogen and oxygen atoms in total. The molecule has 0 aliphatic carbocycles. The lowest BCUT2D eigenvalue weighted by Crippen LogP contribution is -2.47. The van der Waals surface area contributed by atoms with E-state index in [1.54, 1.807) is 61.5 Å². The first-order chi connectivity index (χ1) is 16.3. The number of carbonyl (C=O) groups excluding carboxylic acids is 2. The van der Waals surface area contributed by atoms with Crippen molar-refractivity contribution < 1.29 is 18.0 Å². The number of benzene rings is 3. The summed E-state index contributed by atoms with van der Waals surface area (Å²) in [6, 6.07) is 24.0. The predicted molar refractivity (Wildman–Crippen MR) is 135 cm³/mol. The third-order valence-corrected chi connectivity index (χ3v) is 6.49. The number of para-hydroxylation sites is 2. The number of nitrogens with zero attached hydrogens (tertiary/aromatic N) is 1. The lowest BCUT2D eigenvalue weighted by Gasteiger charge is -2.30. The highest BCUT2D eigenvalue weighted by atomic mass is 32.2. The van der Waals surface area contributed by atoms with Crippen LogP contribution in [0.5, 0.6) is 0 Å². The summed E-state index contributed by atoms with van der Waals surface area (Å²) < 4.78 is 26.3. The summed E-state index contributed by atoms with van der Waals surface area (Å²) in [6.07, 6.45) is 2.00. The number of anilines is 2. The molecule has 0 unspecified atom stereocenters. The topological polar surface area (TPSA) is 95.6 Å². The lowest BCUT2D eigenvalue weighted by atomic mass is 10.1. The number of rotatable bonds is 10. The van der Waals surface area contributed by atoms with E-state index in [-0.39, 0.29) is 12.3 Å². The zero-order valence-corrected chi connectivity index (χ0v) is 20.1. The number of hydrogen-bond donors (Lipinski definition) is 2. The number of amides is 2. The van der Waals surface area contributed by atoms with Crippen LogP contribution in [-0.2, 0) is 21.2 Å². The Morgan fingerprint density at radius 3 is 2.09 bits per heavy atom. The second-order valence-corrected chi connectivity index (χ2v) is 9.70. The molecule has 0 saturated heterocycles. The Bertz CT molecular complexity index is 1220. The third-order valence-electron chi connectivity index (χ3n) is 5.31. The zero-order valence-electron chi connectivity index (χ0n) is 19.3. The van der Waals surface area contributed by atoms with Crippen molar-refractivity contribution in [3.8, 4) is 0 Å². The molecule has 3 aromatic rings. The highest BCUT2D eigenvalue weighted by molar-refractivity contribution is 7.92. The van der Waals surface area contributed by atoms with E-state index in [2.05, 4.69) is 10.6 Å². The second-order valence-electron chi connectivity index (χ2n) is 7.84. The average Bonchev–Trinajstić information content (AvgIpc) is 2.83. The first-order valence-corrected chi connectivity index (χ1v) is 12.9. The van der Waals surface area contributed by atoms with E-state index in [1.165, 1.54) is 0 Å². The largest absolute Gasteiger partial charge is 0.352 e. The van der Waals surface area contributed by atoms with Crippen LogP contribution < -0.4 is 14.9 Å². The molecular weight excluding hydrogens is 450 g/mol. The van der Waals surface area contributed by atoms with Crippen molar-refractivity contribution in [2.45, 2.75) is 25.8 Å². The van der Waals surface area contributed by atoms with Crippen molar-refractivity contribution in [2.75, 3.05) is 22.4 Å². The Morgan fingerprint density at radius 1 is 0.882 bits per heavy atom. The Balaban J connectivity index is 1.76. The molecule has 0 saturated carbocycles. The standard InChI is InChI=1S/C26H29N3O4S/c1-3-24(29(34(2,32)33)21-14-8-5-9-15-21)26(31)28-23-17-11-10-16-22(23)25(30)27-19-18-20-12-6-4-7-13-20/h4-17,24H,3,18-19H2,1-2H3,(H,27,30)(H,28,31)/t24-/m1/s1. The number of sulfonamides is 1. The fraction of sp³-hybridized carbons (Fsp3) is 0.231. The molecule has 0 heterocycles. The minimum absolute atomic E-state index is 0.249. The summed E-state index contributed by atoms with van der Waals surface area (Å²) in [4.78, 5) is 26.1. The van der Waals surface area contributed by atoms with Crippen molar-refractivity contribution in [3.63, 3.8) is 0 Å². The molecule has 178 valence electrons. The molecule has 0 spiro atoms. The molecule has 0 aliphatic heterocycles. The Hall–Kier alpha value is -3.65. The van der Waals surface area contributed by atoms with E-state index in [9.17, 15) is 18.0 Å². The summed E-state index contributed by atoms with van der Waals surface area (Å²) in [5.41, 5.74) is 2.14. The van der Waals surface area contributed by atoms with Gasteiger partial charge in [0, 0.05) is 6.54 Å². The van der Waals surface area contributed by atoms with Gasteiger partial charge in [-0.1, -0.05) is 67.6 Å². The lowest BCUT2D eigenvalue weighted by molar-refractivity contribution is -0.117. The van der Waals surface area contributed by atoms with Crippen molar-refractivity contribution in [3.05, 3.63) is 96.1 Å². The van der Waals surface area contributed by atoms with E-state index < -0.39 is 22.0 Å². The van der Waals surface area contributed by atoms with Crippen LogP contribution in [0, 0.1) is 0 Å². The van der Waals surface area contributed by atoms with Crippen LogP contribution in [0.15, 0.2) is 84.9 Å². The van der Waals surface area contributed by atoms with Crippen LogP contribution in [0.4, 0.5) is 11.4 Å².